The van der Waals surface area contributed by atoms with Crippen molar-refractivity contribution >= 4 is 34.8 Å². The number of hydrogen-bond acceptors (Lipinski definition) is 3. The molecule has 19 heavy (non-hydrogen) atoms. The maximum Gasteiger partial charge on any atom is 0.253 e. The summed E-state index contributed by atoms with van der Waals surface area (Å²) in [4.78, 5) is 12.2. The maximum absolute atomic E-state index is 12.2. The Kier molecular flexibility index (Phi) is 4.55. The lowest BCUT2D eigenvalue weighted by Crippen LogP contribution is -2.45. The fourth-order valence-corrected chi connectivity index (χ4v) is 2.72. The molecule has 4 nitrogen and oxygen atoms in total. The maximum atomic E-state index is 12.2. The highest BCUT2D eigenvalue weighted by atomic mass is 35.5. The Morgan fingerprint density at radius 3 is 2.68 bits per heavy atom. The third-order valence-electron chi connectivity index (χ3n) is 3.34. The molecule has 104 valence electrons. The van der Waals surface area contributed by atoms with E-state index in [4.69, 9.17) is 28.9 Å². The molecule has 6 heteroatoms. The van der Waals surface area contributed by atoms with Crippen molar-refractivity contribution in [1.82, 2.24) is 5.32 Å². The van der Waals surface area contributed by atoms with Gasteiger partial charge >= 0.3 is 0 Å². The second-order valence-electron chi connectivity index (χ2n) is 4.80. The van der Waals surface area contributed by atoms with Crippen LogP contribution in [0.25, 0.3) is 0 Å². The Balaban J connectivity index is 2.15. The van der Waals surface area contributed by atoms with Gasteiger partial charge < -0.3 is 16.2 Å². The normalized spacial score (nSPS) is 23.1. The van der Waals surface area contributed by atoms with E-state index in [9.17, 15) is 9.90 Å². The molecule has 4 N–H and O–H groups in total. The van der Waals surface area contributed by atoms with Gasteiger partial charge in [0.05, 0.1) is 27.8 Å². The summed E-state index contributed by atoms with van der Waals surface area (Å²) in [6, 6.07) is 2.74. The lowest BCUT2D eigenvalue weighted by molar-refractivity contribution is 0.0717. The number of nitrogens with two attached hydrogens (primary N) is 1. The predicted octanol–water partition coefficient (Wildman–Crippen LogP) is 2.61. The number of halogens is 2. The summed E-state index contributed by atoms with van der Waals surface area (Å²) >= 11 is 11.9. The molecular formula is C13H16Cl2N2O2. The number of rotatable bonds is 2. The average molecular weight is 303 g/mol. The first-order valence-electron chi connectivity index (χ1n) is 6.22. The van der Waals surface area contributed by atoms with E-state index >= 15 is 0 Å². The van der Waals surface area contributed by atoms with Gasteiger partial charge in [-0.2, -0.15) is 0 Å². The zero-order valence-electron chi connectivity index (χ0n) is 10.3. The molecule has 2 rings (SSSR count). The molecule has 2 unspecified atom stereocenters. The Morgan fingerprint density at radius 1 is 1.32 bits per heavy atom. The van der Waals surface area contributed by atoms with Gasteiger partial charge in [-0.1, -0.05) is 36.0 Å². The van der Waals surface area contributed by atoms with Gasteiger partial charge in [-0.05, 0) is 25.0 Å². The zero-order chi connectivity index (χ0) is 14.0. The number of aliphatic hydroxyl groups excluding tert-OH is 1. The number of carbonyl (C=O) groups excluding carboxylic acids is 1. The number of anilines is 1. The van der Waals surface area contributed by atoms with Gasteiger partial charge in [0.2, 0.25) is 0 Å². The molecule has 0 aliphatic heterocycles. The number of nitrogen functional groups attached to an aromatic ring is 1. The molecule has 1 aliphatic carbocycles. The molecule has 1 fully saturated rings. The van der Waals surface area contributed by atoms with Crippen molar-refractivity contribution in [3.8, 4) is 0 Å². The van der Waals surface area contributed by atoms with Gasteiger partial charge in [0.25, 0.3) is 5.91 Å². The number of carbonyl (C=O) groups is 1. The van der Waals surface area contributed by atoms with E-state index in [1.54, 1.807) is 0 Å². The van der Waals surface area contributed by atoms with Crippen LogP contribution < -0.4 is 11.1 Å². The van der Waals surface area contributed by atoms with Gasteiger partial charge in [0.15, 0.2) is 0 Å². The van der Waals surface area contributed by atoms with Crippen LogP contribution in [0.4, 0.5) is 5.69 Å². The van der Waals surface area contributed by atoms with Crippen LogP contribution >= 0.6 is 23.2 Å². The van der Waals surface area contributed by atoms with Crippen LogP contribution in [0.3, 0.4) is 0 Å². The van der Waals surface area contributed by atoms with E-state index < -0.39 is 6.10 Å². The minimum atomic E-state index is -0.506. The van der Waals surface area contributed by atoms with Crippen molar-refractivity contribution in [3.05, 3.63) is 27.7 Å². The predicted molar refractivity (Wildman–Crippen MR) is 76.6 cm³/mol. The first kappa shape index (κ1) is 14.4. The van der Waals surface area contributed by atoms with E-state index in [0.717, 1.165) is 19.3 Å². The average Bonchev–Trinajstić information content (AvgIpc) is 2.36. The largest absolute Gasteiger partial charge is 0.399 e. The SMILES string of the molecule is Nc1cc(Cl)c(Cl)c(C(=O)NC2CCCCC2O)c1. The first-order valence-corrected chi connectivity index (χ1v) is 6.98. The lowest BCUT2D eigenvalue weighted by Gasteiger charge is -2.28. The number of aliphatic hydroxyl groups is 1. The molecule has 0 heterocycles. The highest BCUT2D eigenvalue weighted by Crippen LogP contribution is 2.29. The lowest BCUT2D eigenvalue weighted by atomic mass is 9.92. The van der Waals surface area contributed by atoms with Gasteiger partial charge in [0, 0.05) is 5.69 Å². The standard InChI is InChI=1S/C13H16Cl2N2O2/c14-9-6-7(16)5-8(12(9)15)13(19)17-10-3-1-2-4-11(10)18/h5-6,10-11,18H,1-4,16H2,(H,17,19). The van der Waals surface area contributed by atoms with Crippen molar-refractivity contribution in [1.29, 1.82) is 0 Å². The van der Waals surface area contributed by atoms with E-state index in [1.807, 2.05) is 0 Å². The Hall–Kier alpha value is -0.970. The summed E-state index contributed by atoms with van der Waals surface area (Å²) in [6.07, 6.45) is 2.94. The van der Waals surface area contributed by atoms with Gasteiger partial charge in [-0.15, -0.1) is 0 Å². The second kappa shape index (κ2) is 5.99. The van der Waals surface area contributed by atoms with Crippen molar-refractivity contribution in [3.63, 3.8) is 0 Å². The van der Waals surface area contributed by atoms with Gasteiger partial charge in [-0.25, -0.2) is 0 Å². The molecule has 0 saturated heterocycles. The number of benzene rings is 1. The Labute approximate surface area is 121 Å². The van der Waals surface area contributed by atoms with Crippen molar-refractivity contribution < 1.29 is 9.90 Å². The summed E-state index contributed by atoms with van der Waals surface area (Å²) in [7, 11) is 0. The molecule has 0 spiro atoms. The van der Waals surface area contributed by atoms with Gasteiger partial charge in [0.1, 0.15) is 0 Å². The van der Waals surface area contributed by atoms with Crippen molar-refractivity contribution in [2.45, 2.75) is 37.8 Å². The van der Waals surface area contributed by atoms with Crippen molar-refractivity contribution in [2.75, 3.05) is 5.73 Å². The van der Waals surface area contributed by atoms with E-state index in [1.165, 1.54) is 12.1 Å². The summed E-state index contributed by atoms with van der Waals surface area (Å²) in [6.45, 7) is 0. The van der Waals surface area contributed by atoms with Crippen LogP contribution in [0.5, 0.6) is 0 Å². The van der Waals surface area contributed by atoms with Crippen LogP contribution in [0.15, 0.2) is 12.1 Å². The quantitative estimate of drug-likeness (QED) is 0.735. The number of hydrogen-bond donors (Lipinski definition) is 3. The highest BCUT2D eigenvalue weighted by molar-refractivity contribution is 6.44. The van der Waals surface area contributed by atoms with Crippen LogP contribution in [0.2, 0.25) is 10.0 Å². The summed E-state index contributed by atoms with van der Waals surface area (Å²) in [5.74, 6) is -0.356. The molecule has 1 aromatic carbocycles. The minimum Gasteiger partial charge on any atom is -0.399 e. The summed E-state index contributed by atoms with van der Waals surface area (Å²) < 4.78 is 0. The van der Waals surface area contributed by atoms with Gasteiger partial charge in [-0.3, -0.25) is 4.79 Å². The molecule has 1 aromatic rings. The molecule has 1 saturated carbocycles. The first-order chi connectivity index (χ1) is 8.99. The monoisotopic (exact) mass is 302 g/mol. The third-order valence-corrected chi connectivity index (χ3v) is 4.14. The minimum absolute atomic E-state index is 0.179. The molecular weight excluding hydrogens is 287 g/mol. The molecule has 1 aliphatic rings. The van der Waals surface area contributed by atoms with Crippen LogP contribution in [-0.2, 0) is 0 Å². The number of nitrogens with one attached hydrogen (secondary N) is 1. The smallest absolute Gasteiger partial charge is 0.253 e. The van der Waals surface area contributed by atoms with Crippen LogP contribution in [-0.4, -0.2) is 23.2 Å². The third kappa shape index (κ3) is 3.32. The zero-order valence-corrected chi connectivity index (χ0v) is 11.8. The fraction of sp³-hybridized carbons (Fsp3) is 0.462. The van der Waals surface area contributed by atoms with Crippen molar-refractivity contribution in [2.24, 2.45) is 0 Å². The van der Waals surface area contributed by atoms with Crippen LogP contribution in [0, 0.1) is 0 Å². The Bertz CT molecular complexity index is 494. The fourth-order valence-electron chi connectivity index (χ4n) is 2.30. The molecule has 0 aromatic heterocycles. The topological polar surface area (TPSA) is 75.4 Å². The molecule has 2 atom stereocenters. The van der Waals surface area contributed by atoms with Crippen LogP contribution in [0.1, 0.15) is 36.0 Å². The summed E-state index contributed by atoms with van der Waals surface area (Å²) in [5, 5.41) is 13.1. The molecule has 0 radical (unpaired) electrons. The molecule has 1 amide bonds. The van der Waals surface area contributed by atoms with E-state index in [0.29, 0.717) is 12.1 Å². The number of amides is 1. The summed E-state index contributed by atoms with van der Waals surface area (Å²) in [5.41, 5.74) is 6.27. The highest BCUT2D eigenvalue weighted by Gasteiger charge is 2.26. The molecule has 0 bridgehead atoms. The van der Waals surface area contributed by atoms with E-state index in [-0.39, 0.29) is 27.6 Å². The Morgan fingerprint density at radius 2 is 2.00 bits per heavy atom. The second-order valence-corrected chi connectivity index (χ2v) is 5.58. The van der Waals surface area contributed by atoms with E-state index in [2.05, 4.69) is 5.32 Å².